The van der Waals surface area contributed by atoms with Crippen LogP contribution in [0.3, 0.4) is 0 Å². The van der Waals surface area contributed by atoms with Crippen LogP contribution in [-0.2, 0) is 0 Å². The van der Waals surface area contributed by atoms with Crippen molar-refractivity contribution in [3.8, 4) is 5.75 Å². The first-order chi connectivity index (χ1) is 11.7. The zero-order chi connectivity index (χ0) is 16.7. The third kappa shape index (κ3) is 2.67. The molecule has 4 heteroatoms. The molecule has 2 aliphatic rings. The van der Waals surface area contributed by atoms with E-state index in [-0.39, 0.29) is 12.3 Å². The van der Waals surface area contributed by atoms with Gasteiger partial charge in [-0.15, -0.1) is 0 Å². The molecule has 0 radical (unpaired) electrons. The van der Waals surface area contributed by atoms with Gasteiger partial charge in [-0.2, -0.15) is 5.10 Å². The van der Waals surface area contributed by atoms with Gasteiger partial charge < -0.3 is 4.74 Å². The summed E-state index contributed by atoms with van der Waals surface area (Å²) in [5.41, 5.74) is 4.71. The van der Waals surface area contributed by atoms with Crippen molar-refractivity contribution < 1.29 is 4.74 Å². The van der Waals surface area contributed by atoms with Gasteiger partial charge in [-0.1, -0.05) is 54.8 Å². The summed E-state index contributed by atoms with van der Waals surface area (Å²) in [4.78, 5) is 0. The molecule has 0 spiro atoms. The molecule has 24 heavy (non-hydrogen) atoms. The minimum absolute atomic E-state index is 0.00313. The van der Waals surface area contributed by atoms with Crippen LogP contribution in [0.2, 0.25) is 5.02 Å². The number of nitrogens with zero attached hydrogens (tertiary/aromatic N) is 2. The van der Waals surface area contributed by atoms with Gasteiger partial charge in [-0.05, 0) is 30.7 Å². The molecular formula is C20H21ClN2O. The van der Waals surface area contributed by atoms with E-state index in [1.54, 1.807) is 0 Å². The Morgan fingerprint density at radius 1 is 1.21 bits per heavy atom. The second-order valence-electron chi connectivity index (χ2n) is 6.56. The molecule has 2 aromatic rings. The largest absolute Gasteiger partial charge is 0.469 e. The van der Waals surface area contributed by atoms with Crippen LogP contribution < -0.4 is 4.74 Å². The lowest BCUT2D eigenvalue weighted by Crippen LogP contribution is -2.40. The maximum absolute atomic E-state index is 6.22. The Labute approximate surface area is 147 Å². The molecule has 0 fully saturated rings. The number of hydrogen-bond donors (Lipinski definition) is 0. The first kappa shape index (κ1) is 15.5. The molecule has 2 aliphatic heterocycles. The van der Waals surface area contributed by atoms with Crippen LogP contribution in [-0.4, -0.2) is 16.9 Å². The number of hydrazone groups is 1. The Hall–Kier alpha value is -2.00. The molecule has 0 N–H and O–H groups in total. The quantitative estimate of drug-likeness (QED) is 0.755. The lowest BCUT2D eigenvalue weighted by atomic mass is 9.96. The minimum atomic E-state index is -0.00313. The van der Waals surface area contributed by atoms with E-state index in [9.17, 15) is 0 Å². The highest BCUT2D eigenvalue weighted by molar-refractivity contribution is 6.30. The van der Waals surface area contributed by atoms with E-state index in [1.165, 1.54) is 11.1 Å². The predicted molar refractivity (Wildman–Crippen MR) is 97.7 cm³/mol. The second-order valence-corrected chi connectivity index (χ2v) is 6.99. The summed E-state index contributed by atoms with van der Waals surface area (Å²) >= 11 is 6.22. The normalized spacial score (nSPS) is 21.8. The van der Waals surface area contributed by atoms with E-state index in [0.29, 0.717) is 0 Å². The fraction of sp³-hybridized carbons (Fsp3) is 0.350. The lowest BCUT2D eigenvalue weighted by molar-refractivity contribution is -0.0223. The maximum Gasteiger partial charge on any atom is 0.187 e. The smallest absolute Gasteiger partial charge is 0.187 e. The number of fused-ring (bicyclic) bond motifs is 3. The Kier molecular flexibility index (Phi) is 3.97. The van der Waals surface area contributed by atoms with Crippen molar-refractivity contribution in [3.05, 3.63) is 64.2 Å². The fourth-order valence-corrected chi connectivity index (χ4v) is 3.67. The molecule has 2 atom stereocenters. The van der Waals surface area contributed by atoms with Crippen molar-refractivity contribution in [1.29, 1.82) is 0 Å². The fourth-order valence-electron chi connectivity index (χ4n) is 3.49. The van der Waals surface area contributed by atoms with Crippen molar-refractivity contribution in [2.24, 2.45) is 5.10 Å². The van der Waals surface area contributed by atoms with E-state index in [1.807, 2.05) is 18.2 Å². The summed E-state index contributed by atoms with van der Waals surface area (Å²) in [7, 11) is 0. The highest BCUT2D eigenvalue weighted by Gasteiger charge is 2.39. The molecule has 0 unspecified atom stereocenters. The van der Waals surface area contributed by atoms with Gasteiger partial charge in [0.2, 0.25) is 0 Å². The van der Waals surface area contributed by atoms with Gasteiger partial charge in [-0.25, -0.2) is 0 Å². The minimum Gasteiger partial charge on any atom is -0.469 e. The van der Waals surface area contributed by atoms with Gasteiger partial charge in [0.25, 0.3) is 0 Å². The number of ether oxygens (including phenoxy) is 1. The molecule has 4 rings (SSSR count). The highest BCUT2D eigenvalue weighted by atomic mass is 35.5. The van der Waals surface area contributed by atoms with Crippen LogP contribution in [0.25, 0.3) is 0 Å². The summed E-state index contributed by atoms with van der Waals surface area (Å²) in [5, 5.41) is 7.80. The average molecular weight is 341 g/mol. The van der Waals surface area contributed by atoms with Gasteiger partial charge in [0.15, 0.2) is 6.23 Å². The average Bonchev–Trinajstić information content (AvgIpc) is 3.02. The zero-order valence-electron chi connectivity index (χ0n) is 14.0. The Morgan fingerprint density at radius 2 is 2.00 bits per heavy atom. The predicted octanol–water partition coefficient (Wildman–Crippen LogP) is 5.32. The molecule has 2 aromatic carbocycles. The lowest BCUT2D eigenvalue weighted by Gasteiger charge is -2.38. The molecule has 0 aromatic heterocycles. The molecule has 124 valence electrons. The van der Waals surface area contributed by atoms with E-state index in [0.717, 1.165) is 41.3 Å². The Bertz CT molecular complexity index is 785. The van der Waals surface area contributed by atoms with Gasteiger partial charge in [0, 0.05) is 23.4 Å². The molecule has 0 amide bonds. The first-order valence-electron chi connectivity index (χ1n) is 8.54. The number of hydrogen-bond acceptors (Lipinski definition) is 3. The number of benzene rings is 2. The molecule has 0 aliphatic carbocycles. The first-order valence-corrected chi connectivity index (χ1v) is 8.92. The van der Waals surface area contributed by atoms with Crippen molar-refractivity contribution in [1.82, 2.24) is 5.01 Å². The molecule has 0 bridgehead atoms. The molecule has 0 saturated heterocycles. The highest BCUT2D eigenvalue weighted by Crippen LogP contribution is 2.44. The summed E-state index contributed by atoms with van der Waals surface area (Å²) in [6.07, 6.45) is 2.91. The van der Waals surface area contributed by atoms with Crippen molar-refractivity contribution >= 4 is 17.3 Å². The molecule has 2 heterocycles. The van der Waals surface area contributed by atoms with E-state index >= 15 is 0 Å². The maximum atomic E-state index is 6.22. The standard InChI is InChI=1S/C20H21ClN2O/c1-3-4-20-23-18(16-11-15(21)9-10-19(16)24-20)12-17(22-23)14-7-5-13(2)6-8-14/h5-11,18,20H,3-4,12H2,1-2H3/t18-,20+/m1/s1. The zero-order valence-corrected chi connectivity index (χ0v) is 14.8. The molecule has 0 saturated carbocycles. The van der Waals surface area contributed by atoms with E-state index < -0.39 is 0 Å². The van der Waals surface area contributed by atoms with Crippen LogP contribution in [0.5, 0.6) is 5.75 Å². The molecular weight excluding hydrogens is 320 g/mol. The second kappa shape index (κ2) is 6.14. The van der Waals surface area contributed by atoms with Crippen molar-refractivity contribution in [2.45, 2.75) is 45.4 Å². The van der Waals surface area contributed by atoms with E-state index in [2.05, 4.69) is 43.1 Å². The number of aryl methyl sites for hydroxylation is 1. The summed E-state index contributed by atoms with van der Waals surface area (Å²) < 4.78 is 6.20. The summed E-state index contributed by atoms with van der Waals surface area (Å²) in [6.45, 7) is 4.28. The van der Waals surface area contributed by atoms with Gasteiger partial charge >= 0.3 is 0 Å². The van der Waals surface area contributed by atoms with Crippen LogP contribution in [0.15, 0.2) is 47.6 Å². The summed E-state index contributed by atoms with van der Waals surface area (Å²) in [5.74, 6) is 0.944. The Balaban J connectivity index is 1.72. The SMILES string of the molecule is CCC[C@@H]1Oc2ccc(Cl)cc2[C@H]2CC(c3ccc(C)cc3)=NN12. The number of rotatable bonds is 3. The monoisotopic (exact) mass is 340 g/mol. The molecule has 3 nitrogen and oxygen atoms in total. The van der Waals surface area contributed by atoms with Crippen LogP contribution in [0, 0.1) is 6.92 Å². The van der Waals surface area contributed by atoms with Gasteiger partial charge in [0.1, 0.15) is 5.75 Å². The summed E-state index contributed by atoms with van der Waals surface area (Å²) in [6, 6.07) is 14.7. The Morgan fingerprint density at radius 3 is 2.75 bits per heavy atom. The third-order valence-electron chi connectivity index (χ3n) is 4.75. The third-order valence-corrected chi connectivity index (χ3v) is 4.99. The van der Waals surface area contributed by atoms with Crippen LogP contribution in [0.1, 0.15) is 48.9 Å². The topological polar surface area (TPSA) is 24.8 Å². The van der Waals surface area contributed by atoms with Crippen molar-refractivity contribution in [2.75, 3.05) is 0 Å². The van der Waals surface area contributed by atoms with Crippen molar-refractivity contribution in [3.63, 3.8) is 0 Å². The van der Waals surface area contributed by atoms with Crippen LogP contribution in [0.4, 0.5) is 0 Å². The van der Waals surface area contributed by atoms with E-state index in [4.69, 9.17) is 21.4 Å². The van der Waals surface area contributed by atoms with Crippen LogP contribution >= 0.6 is 11.6 Å². The number of halogens is 1. The van der Waals surface area contributed by atoms with Gasteiger partial charge in [0.05, 0.1) is 11.8 Å². The van der Waals surface area contributed by atoms with Gasteiger partial charge in [-0.3, -0.25) is 5.01 Å².